The Balaban J connectivity index is 1.61. The van der Waals surface area contributed by atoms with E-state index in [1.165, 1.54) is 5.01 Å². The van der Waals surface area contributed by atoms with E-state index >= 15 is 0 Å². The zero-order valence-electron chi connectivity index (χ0n) is 22.7. The molecule has 3 amide bonds. The minimum atomic E-state index is -0.882. The number of fused-ring (bicyclic) bond motifs is 12. The number of hydrogen-bond acceptors (Lipinski definition) is 7. The van der Waals surface area contributed by atoms with Crippen LogP contribution in [0.2, 0.25) is 0 Å². The molecule has 1 fully saturated rings. The van der Waals surface area contributed by atoms with Crippen LogP contribution in [-0.2, 0) is 23.9 Å². The second kappa shape index (κ2) is 12.3. The van der Waals surface area contributed by atoms with Crippen LogP contribution in [0.3, 0.4) is 0 Å². The van der Waals surface area contributed by atoms with Crippen molar-refractivity contribution in [2.75, 3.05) is 13.2 Å². The van der Waals surface area contributed by atoms with Crippen molar-refractivity contribution in [2.24, 2.45) is 5.92 Å². The van der Waals surface area contributed by atoms with E-state index in [1.54, 1.807) is 32.9 Å². The number of carbonyl (C=O) groups excluding carboxylic acids is 4. The van der Waals surface area contributed by atoms with Crippen molar-refractivity contribution in [3.05, 3.63) is 54.1 Å². The van der Waals surface area contributed by atoms with Gasteiger partial charge in [-0.15, -0.1) is 0 Å². The van der Waals surface area contributed by atoms with Gasteiger partial charge in [0.1, 0.15) is 30.0 Å². The highest BCUT2D eigenvalue weighted by atomic mass is 16.5. The molecule has 0 aromatic heterocycles. The lowest BCUT2D eigenvalue weighted by molar-refractivity contribution is -0.157. The number of benzene rings is 2. The highest BCUT2D eigenvalue weighted by Gasteiger charge is 2.33. The first-order valence-electron chi connectivity index (χ1n) is 13.3. The van der Waals surface area contributed by atoms with Gasteiger partial charge in [-0.25, -0.2) is 5.43 Å². The number of amides is 3. The van der Waals surface area contributed by atoms with Crippen molar-refractivity contribution in [1.29, 1.82) is 0 Å². The van der Waals surface area contributed by atoms with E-state index in [-0.39, 0.29) is 18.4 Å². The number of nitrogens with zero attached hydrogens (tertiary/aromatic N) is 1. The molecule has 10 heteroatoms. The maximum atomic E-state index is 13.1. The molecule has 3 aliphatic rings. The van der Waals surface area contributed by atoms with Gasteiger partial charge in [-0.3, -0.25) is 24.2 Å². The smallest absolute Gasteiger partial charge is 0.325 e. The fraction of sp³-hybridized carbons (Fsp3) is 0.448. The zero-order chi connectivity index (χ0) is 28.1. The molecule has 3 heterocycles. The summed E-state index contributed by atoms with van der Waals surface area (Å²) in [6, 6.07) is 12.6. The Kier molecular flexibility index (Phi) is 8.86. The molecule has 0 radical (unpaired) electrons. The maximum absolute atomic E-state index is 13.1. The summed E-state index contributed by atoms with van der Waals surface area (Å²) in [6.07, 6.45) is 0.617. The predicted molar refractivity (Wildman–Crippen MR) is 144 cm³/mol. The van der Waals surface area contributed by atoms with E-state index in [4.69, 9.17) is 9.47 Å². The molecule has 0 aliphatic carbocycles. The molecule has 0 saturated carbocycles. The Morgan fingerprint density at radius 2 is 1.69 bits per heavy atom. The molecule has 208 valence electrons. The summed E-state index contributed by atoms with van der Waals surface area (Å²) in [5.74, 6) is -1.49. The van der Waals surface area contributed by atoms with Crippen LogP contribution in [0.4, 0.5) is 0 Å². The molecule has 3 aliphatic heterocycles. The Hall–Kier alpha value is -3.92. The highest BCUT2D eigenvalue weighted by Crippen LogP contribution is 2.27. The Bertz CT molecular complexity index is 1210. The second-order valence-electron chi connectivity index (χ2n) is 10.4. The van der Waals surface area contributed by atoms with Gasteiger partial charge in [0.05, 0.1) is 0 Å². The third kappa shape index (κ3) is 6.94. The monoisotopic (exact) mass is 536 g/mol. The van der Waals surface area contributed by atoms with Crippen LogP contribution in [-0.4, -0.2) is 60.0 Å². The molecular weight excluding hydrogens is 500 g/mol. The number of rotatable bonds is 1. The van der Waals surface area contributed by atoms with E-state index in [9.17, 15) is 19.2 Å². The van der Waals surface area contributed by atoms with Crippen LogP contribution in [0.25, 0.3) is 11.1 Å². The van der Waals surface area contributed by atoms with E-state index in [1.807, 2.05) is 43.3 Å². The third-order valence-corrected chi connectivity index (χ3v) is 6.94. The van der Waals surface area contributed by atoms with Crippen molar-refractivity contribution in [3.63, 3.8) is 0 Å². The molecule has 4 unspecified atom stereocenters. The largest absolute Gasteiger partial charge is 0.484 e. The van der Waals surface area contributed by atoms with E-state index < -0.39 is 42.0 Å². The normalized spacial score (nSPS) is 25.1. The number of nitrogens with one attached hydrogen (secondary N) is 3. The van der Waals surface area contributed by atoms with Crippen LogP contribution in [0.1, 0.15) is 52.2 Å². The van der Waals surface area contributed by atoms with E-state index in [2.05, 4.69) is 16.1 Å². The molecule has 3 N–H and O–H groups in total. The Morgan fingerprint density at radius 3 is 2.41 bits per heavy atom. The predicted octanol–water partition coefficient (Wildman–Crippen LogP) is 2.49. The third-order valence-electron chi connectivity index (χ3n) is 6.94. The number of esters is 1. The SMILES string of the molecule is CC1NC(=O)C(C(C)C)NC(=O)COc2ccc(cc2)-c2cccc(c2)C(C)OC(=O)C2CCCN(N2)C1=O. The number of carbonyl (C=O) groups is 4. The Morgan fingerprint density at radius 1 is 0.949 bits per heavy atom. The van der Waals surface area contributed by atoms with Crippen molar-refractivity contribution in [1.82, 2.24) is 21.1 Å². The summed E-state index contributed by atoms with van der Waals surface area (Å²) in [5, 5.41) is 6.77. The van der Waals surface area contributed by atoms with Gasteiger partial charge in [0.2, 0.25) is 5.91 Å². The first kappa shape index (κ1) is 28.1. The van der Waals surface area contributed by atoms with Crippen LogP contribution in [0.15, 0.2) is 48.5 Å². The molecule has 6 bridgehead atoms. The molecule has 39 heavy (non-hydrogen) atoms. The van der Waals surface area contributed by atoms with Crippen molar-refractivity contribution >= 4 is 23.7 Å². The lowest BCUT2D eigenvalue weighted by Crippen LogP contribution is -2.61. The standard InChI is InChI=1S/C29H36N4O6/c1-17(2)26-27(35)30-18(3)28(36)33-14-6-9-24(32-33)29(37)39-19(4)21-7-5-8-22(15-21)20-10-12-23(13-11-20)38-16-25(34)31-26/h5,7-8,10-13,15,17-19,24,26,32H,6,9,14,16H2,1-4H3,(H,30,35)(H,31,34). The fourth-order valence-corrected chi connectivity index (χ4v) is 4.65. The number of ether oxygens (including phenoxy) is 2. The van der Waals surface area contributed by atoms with Gasteiger partial charge in [-0.05, 0) is 67.5 Å². The first-order chi connectivity index (χ1) is 18.6. The molecule has 5 rings (SSSR count). The first-order valence-corrected chi connectivity index (χ1v) is 13.3. The molecule has 2 aromatic rings. The van der Waals surface area contributed by atoms with Gasteiger partial charge in [0.25, 0.3) is 11.8 Å². The van der Waals surface area contributed by atoms with Crippen LogP contribution in [0.5, 0.6) is 5.75 Å². The summed E-state index contributed by atoms with van der Waals surface area (Å²) in [5.41, 5.74) is 5.68. The molecule has 1 saturated heterocycles. The molecule has 0 spiro atoms. The number of hydrogen-bond donors (Lipinski definition) is 3. The second-order valence-corrected chi connectivity index (χ2v) is 10.4. The van der Waals surface area contributed by atoms with Crippen molar-refractivity contribution < 1.29 is 28.7 Å². The zero-order valence-corrected chi connectivity index (χ0v) is 22.7. The number of hydrazine groups is 1. The highest BCUT2D eigenvalue weighted by molar-refractivity contribution is 5.92. The van der Waals surface area contributed by atoms with Crippen LogP contribution < -0.4 is 20.8 Å². The van der Waals surface area contributed by atoms with E-state index in [0.717, 1.165) is 16.7 Å². The van der Waals surface area contributed by atoms with Gasteiger partial charge in [0, 0.05) is 6.54 Å². The summed E-state index contributed by atoms with van der Waals surface area (Å²) >= 11 is 0. The molecule has 10 nitrogen and oxygen atoms in total. The molecular formula is C29H36N4O6. The minimum Gasteiger partial charge on any atom is -0.484 e. The van der Waals surface area contributed by atoms with Gasteiger partial charge in [-0.1, -0.05) is 44.2 Å². The van der Waals surface area contributed by atoms with Crippen molar-refractivity contribution in [3.8, 4) is 16.9 Å². The lowest BCUT2D eigenvalue weighted by atomic mass is 10.0. The fourth-order valence-electron chi connectivity index (χ4n) is 4.65. The average molecular weight is 537 g/mol. The minimum absolute atomic E-state index is 0.230. The van der Waals surface area contributed by atoms with Crippen molar-refractivity contribution in [2.45, 2.75) is 64.8 Å². The quantitative estimate of drug-likeness (QED) is 0.378. The summed E-state index contributed by atoms with van der Waals surface area (Å²) in [4.78, 5) is 51.8. The van der Waals surface area contributed by atoms with Gasteiger partial charge < -0.3 is 20.1 Å². The van der Waals surface area contributed by atoms with Gasteiger partial charge >= 0.3 is 5.97 Å². The van der Waals surface area contributed by atoms with Crippen LogP contribution >= 0.6 is 0 Å². The summed E-state index contributed by atoms with van der Waals surface area (Å²) < 4.78 is 11.4. The lowest BCUT2D eigenvalue weighted by Gasteiger charge is -2.35. The molecule has 2 aromatic carbocycles. The Labute approximate surface area is 228 Å². The van der Waals surface area contributed by atoms with Gasteiger partial charge in [-0.2, -0.15) is 0 Å². The average Bonchev–Trinajstić information content (AvgIpc) is 2.94. The summed E-state index contributed by atoms with van der Waals surface area (Å²) in [7, 11) is 0. The summed E-state index contributed by atoms with van der Waals surface area (Å²) in [6.45, 7) is 7.12. The topological polar surface area (TPSA) is 126 Å². The maximum Gasteiger partial charge on any atom is 0.325 e. The van der Waals surface area contributed by atoms with Gasteiger partial charge in [0.15, 0.2) is 6.61 Å². The molecule has 4 atom stereocenters. The van der Waals surface area contributed by atoms with E-state index in [0.29, 0.717) is 25.1 Å². The van der Waals surface area contributed by atoms with Crippen LogP contribution in [0, 0.1) is 5.92 Å².